The van der Waals surface area contributed by atoms with Gasteiger partial charge in [-0.2, -0.15) is 0 Å². The molecule has 1 aromatic rings. The molecule has 0 spiro atoms. The van der Waals surface area contributed by atoms with Crippen LogP contribution < -0.4 is 5.32 Å². The van der Waals surface area contributed by atoms with Gasteiger partial charge in [-0.15, -0.1) is 12.6 Å². The first-order valence-electron chi connectivity index (χ1n) is 5.11. The third kappa shape index (κ3) is 2.33. The first-order chi connectivity index (χ1) is 7.29. The van der Waals surface area contributed by atoms with Gasteiger partial charge in [-0.05, 0) is 6.07 Å². The number of nitrogens with one attached hydrogen (secondary N) is 2. The number of hydrogen-bond donors (Lipinski definition) is 3. The first-order valence-corrected chi connectivity index (χ1v) is 5.56. The minimum atomic E-state index is 0.585. The van der Waals surface area contributed by atoms with Crippen molar-refractivity contribution in [2.24, 2.45) is 0 Å². The van der Waals surface area contributed by atoms with E-state index < -0.39 is 0 Å². The predicted molar refractivity (Wildman–Crippen MR) is 65.0 cm³/mol. The summed E-state index contributed by atoms with van der Waals surface area (Å²) in [7, 11) is 0. The van der Waals surface area contributed by atoms with Crippen molar-refractivity contribution >= 4 is 18.5 Å². The standard InChI is InChI=1S/C11H15N3S/c12-11(14-7-5-13-6-8-14)9-3-1-2-4-10(9)15/h1-4,12-13,15H,5-8H2. The van der Waals surface area contributed by atoms with Gasteiger partial charge < -0.3 is 10.2 Å². The molecule has 3 nitrogen and oxygen atoms in total. The third-order valence-corrected chi connectivity index (χ3v) is 2.98. The van der Waals surface area contributed by atoms with Gasteiger partial charge in [0.1, 0.15) is 5.84 Å². The van der Waals surface area contributed by atoms with Crippen LogP contribution in [-0.4, -0.2) is 36.9 Å². The minimum absolute atomic E-state index is 0.585. The number of rotatable bonds is 1. The zero-order valence-electron chi connectivity index (χ0n) is 8.53. The number of thiol groups is 1. The van der Waals surface area contributed by atoms with Crippen LogP contribution in [-0.2, 0) is 0 Å². The topological polar surface area (TPSA) is 39.1 Å². The fourth-order valence-corrected chi connectivity index (χ4v) is 2.00. The van der Waals surface area contributed by atoms with Crippen LogP contribution in [0.5, 0.6) is 0 Å². The van der Waals surface area contributed by atoms with Crippen LogP contribution in [0, 0.1) is 5.41 Å². The Kier molecular flexibility index (Phi) is 3.28. The summed E-state index contributed by atoms with van der Waals surface area (Å²) in [5.41, 5.74) is 0.919. The smallest absolute Gasteiger partial charge is 0.129 e. The lowest BCUT2D eigenvalue weighted by molar-refractivity contribution is 0.356. The highest BCUT2D eigenvalue weighted by Gasteiger charge is 2.15. The van der Waals surface area contributed by atoms with Crippen molar-refractivity contribution in [2.45, 2.75) is 4.90 Å². The van der Waals surface area contributed by atoms with Crippen LogP contribution in [0.3, 0.4) is 0 Å². The van der Waals surface area contributed by atoms with E-state index >= 15 is 0 Å². The molecule has 80 valence electrons. The second-order valence-electron chi connectivity index (χ2n) is 3.60. The number of amidine groups is 1. The third-order valence-electron chi connectivity index (χ3n) is 2.59. The lowest BCUT2D eigenvalue weighted by Gasteiger charge is -2.30. The van der Waals surface area contributed by atoms with Crippen LogP contribution >= 0.6 is 12.6 Å². The summed E-state index contributed by atoms with van der Waals surface area (Å²) in [6, 6.07) is 7.77. The Bertz CT molecular complexity index is 359. The highest BCUT2D eigenvalue weighted by Crippen LogP contribution is 2.15. The molecule has 0 aromatic heterocycles. The fraction of sp³-hybridized carbons (Fsp3) is 0.364. The molecule has 1 fully saturated rings. The number of piperazine rings is 1. The summed E-state index contributed by atoms with van der Waals surface area (Å²) in [5, 5.41) is 11.4. The molecule has 0 unspecified atom stereocenters. The van der Waals surface area contributed by atoms with Gasteiger partial charge in [0.05, 0.1) is 0 Å². The van der Waals surface area contributed by atoms with Gasteiger partial charge >= 0.3 is 0 Å². The molecule has 4 heteroatoms. The molecule has 1 aromatic carbocycles. The SMILES string of the molecule is N=C(c1ccccc1S)N1CCNCC1. The lowest BCUT2D eigenvalue weighted by atomic mass is 10.2. The van der Waals surface area contributed by atoms with Gasteiger partial charge in [0.2, 0.25) is 0 Å². The van der Waals surface area contributed by atoms with Crippen molar-refractivity contribution in [3.63, 3.8) is 0 Å². The van der Waals surface area contributed by atoms with Crippen molar-refractivity contribution in [3.05, 3.63) is 29.8 Å². The van der Waals surface area contributed by atoms with Crippen LogP contribution in [0.1, 0.15) is 5.56 Å². The molecule has 2 rings (SSSR count). The monoisotopic (exact) mass is 221 g/mol. The Morgan fingerprint density at radius 1 is 1.27 bits per heavy atom. The summed E-state index contributed by atoms with van der Waals surface area (Å²) in [4.78, 5) is 2.96. The van der Waals surface area contributed by atoms with Gasteiger partial charge in [0.15, 0.2) is 0 Å². The summed E-state index contributed by atoms with van der Waals surface area (Å²) >= 11 is 4.37. The quantitative estimate of drug-likeness (QED) is 0.379. The van der Waals surface area contributed by atoms with E-state index in [1.165, 1.54) is 0 Å². The highest BCUT2D eigenvalue weighted by molar-refractivity contribution is 7.80. The molecular formula is C11H15N3S. The molecule has 0 atom stereocenters. The highest BCUT2D eigenvalue weighted by atomic mass is 32.1. The molecule has 0 saturated carbocycles. The second kappa shape index (κ2) is 4.68. The maximum atomic E-state index is 8.11. The van der Waals surface area contributed by atoms with Crippen molar-refractivity contribution in [1.82, 2.24) is 10.2 Å². The number of benzene rings is 1. The summed E-state index contributed by atoms with van der Waals surface area (Å²) < 4.78 is 0. The maximum absolute atomic E-state index is 8.11. The Labute approximate surface area is 95.4 Å². The average Bonchev–Trinajstić information content (AvgIpc) is 2.30. The molecule has 0 bridgehead atoms. The first kappa shape index (κ1) is 10.5. The number of hydrogen-bond acceptors (Lipinski definition) is 3. The van der Waals surface area contributed by atoms with Gasteiger partial charge in [-0.3, -0.25) is 5.41 Å². The van der Waals surface area contributed by atoms with Crippen LogP contribution in [0.25, 0.3) is 0 Å². The van der Waals surface area contributed by atoms with E-state index in [-0.39, 0.29) is 0 Å². The van der Waals surface area contributed by atoms with Crippen LogP contribution in [0.2, 0.25) is 0 Å². The van der Waals surface area contributed by atoms with Gasteiger partial charge in [-0.25, -0.2) is 0 Å². The molecule has 2 N–H and O–H groups in total. The summed E-state index contributed by atoms with van der Waals surface area (Å²) in [5.74, 6) is 0.585. The van der Waals surface area contributed by atoms with E-state index in [0.29, 0.717) is 5.84 Å². The zero-order chi connectivity index (χ0) is 10.7. The van der Waals surface area contributed by atoms with E-state index in [2.05, 4.69) is 22.8 Å². The zero-order valence-corrected chi connectivity index (χ0v) is 9.43. The fourth-order valence-electron chi connectivity index (χ4n) is 1.73. The predicted octanol–water partition coefficient (Wildman–Crippen LogP) is 1.21. The molecule has 1 aliphatic heterocycles. The summed E-state index contributed by atoms with van der Waals surface area (Å²) in [6.07, 6.45) is 0. The largest absolute Gasteiger partial charge is 0.354 e. The van der Waals surface area contributed by atoms with E-state index in [1.54, 1.807) is 0 Å². The normalized spacial score (nSPS) is 16.5. The van der Waals surface area contributed by atoms with Gasteiger partial charge in [0, 0.05) is 36.6 Å². The van der Waals surface area contributed by atoms with Crippen molar-refractivity contribution in [3.8, 4) is 0 Å². The summed E-state index contributed by atoms with van der Waals surface area (Å²) in [6.45, 7) is 3.72. The molecular weight excluding hydrogens is 206 g/mol. The maximum Gasteiger partial charge on any atom is 0.129 e. The Morgan fingerprint density at radius 2 is 1.93 bits per heavy atom. The van der Waals surface area contributed by atoms with E-state index in [1.807, 2.05) is 24.3 Å². The van der Waals surface area contributed by atoms with E-state index in [9.17, 15) is 0 Å². The van der Waals surface area contributed by atoms with E-state index in [4.69, 9.17) is 5.41 Å². The molecule has 1 aliphatic rings. The molecule has 0 aliphatic carbocycles. The Morgan fingerprint density at radius 3 is 2.60 bits per heavy atom. The molecule has 0 radical (unpaired) electrons. The van der Waals surface area contributed by atoms with Crippen molar-refractivity contribution < 1.29 is 0 Å². The molecule has 1 saturated heterocycles. The van der Waals surface area contributed by atoms with Crippen LogP contribution in [0.15, 0.2) is 29.2 Å². The van der Waals surface area contributed by atoms with Crippen molar-refractivity contribution in [1.29, 1.82) is 5.41 Å². The number of nitrogens with zero attached hydrogens (tertiary/aromatic N) is 1. The molecule has 15 heavy (non-hydrogen) atoms. The molecule has 1 heterocycles. The average molecular weight is 221 g/mol. The van der Waals surface area contributed by atoms with Crippen LogP contribution in [0.4, 0.5) is 0 Å². The van der Waals surface area contributed by atoms with Crippen molar-refractivity contribution in [2.75, 3.05) is 26.2 Å². The minimum Gasteiger partial charge on any atom is -0.354 e. The second-order valence-corrected chi connectivity index (χ2v) is 4.08. The van der Waals surface area contributed by atoms with Gasteiger partial charge in [0.25, 0.3) is 0 Å². The van der Waals surface area contributed by atoms with E-state index in [0.717, 1.165) is 36.6 Å². The lowest BCUT2D eigenvalue weighted by Crippen LogP contribution is -2.46. The Balaban J connectivity index is 2.16. The molecule has 0 amide bonds. The van der Waals surface area contributed by atoms with Gasteiger partial charge in [-0.1, -0.05) is 18.2 Å². The Hall–Kier alpha value is -1.00.